The van der Waals surface area contributed by atoms with Gasteiger partial charge in [-0.25, -0.2) is 4.79 Å². The van der Waals surface area contributed by atoms with Gasteiger partial charge in [0.1, 0.15) is 11.5 Å². The minimum atomic E-state index is -0.281. The van der Waals surface area contributed by atoms with Gasteiger partial charge in [0.25, 0.3) is 0 Å². The summed E-state index contributed by atoms with van der Waals surface area (Å²) in [6.07, 6.45) is 2.05. The van der Waals surface area contributed by atoms with E-state index in [1.807, 2.05) is 78.6 Å². The third-order valence-corrected chi connectivity index (χ3v) is 6.07. The number of para-hydroxylation sites is 1. The van der Waals surface area contributed by atoms with Crippen LogP contribution in [0.2, 0.25) is 0 Å². The van der Waals surface area contributed by atoms with E-state index in [1.165, 1.54) is 0 Å². The van der Waals surface area contributed by atoms with Crippen LogP contribution in [0.3, 0.4) is 0 Å². The lowest BCUT2D eigenvalue weighted by Gasteiger charge is -2.31. The quantitative estimate of drug-likeness (QED) is 0.402. The van der Waals surface area contributed by atoms with Crippen LogP contribution in [-0.4, -0.2) is 29.2 Å². The molecule has 5 rings (SSSR count). The molecular weight excluding hydrogens is 426 g/mol. The van der Waals surface area contributed by atoms with E-state index in [1.54, 1.807) is 7.11 Å². The lowest BCUT2D eigenvalue weighted by atomic mass is 10.0. The van der Waals surface area contributed by atoms with Gasteiger partial charge >= 0.3 is 6.03 Å². The summed E-state index contributed by atoms with van der Waals surface area (Å²) >= 11 is 0. The molecule has 0 saturated carbocycles. The molecule has 6 heteroatoms. The van der Waals surface area contributed by atoms with Crippen molar-refractivity contribution >= 4 is 11.7 Å². The molecule has 0 saturated heterocycles. The number of nitrogens with zero attached hydrogens (tertiary/aromatic N) is 2. The molecule has 0 spiro atoms. The van der Waals surface area contributed by atoms with Crippen molar-refractivity contribution in [2.24, 2.45) is 0 Å². The summed E-state index contributed by atoms with van der Waals surface area (Å²) in [5, 5.41) is 3.08. The van der Waals surface area contributed by atoms with Crippen molar-refractivity contribution in [1.82, 2.24) is 9.47 Å². The second-order valence-corrected chi connectivity index (χ2v) is 8.12. The van der Waals surface area contributed by atoms with Crippen LogP contribution in [0.5, 0.6) is 11.5 Å². The predicted octanol–water partition coefficient (Wildman–Crippen LogP) is 6.02. The Kier molecular flexibility index (Phi) is 5.95. The second-order valence-electron chi connectivity index (χ2n) is 8.12. The number of urea groups is 1. The molecule has 0 unspecified atom stereocenters. The highest BCUT2D eigenvalue weighted by atomic mass is 16.5. The fourth-order valence-corrected chi connectivity index (χ4v) is 4.47. The van der Waals surface area contributed by atoms with Crippen molar-refractivity contribution in [3.8, 4) is 17.2 Å². The van der Waals surface area contributed by atoms with Gasteiger partial charge in [0.15, 0.2) is 0 Å². The number of hydrogen-bond donors (Lipinski definition) is 1. The number of hydrogen-bond acceptors (Lipinski definition) is 3. The number of benzene rings is 3. The highest BCUT2D eigenvalue weighted by molar-refractivity contribution is 5.90. The summed E-state index contributed by atoms with van der Waals surface area (Å²) in [5.41, 5.74) is 4.91. The number of amides is 2. The fraction of sp³-hybridized carbons (Fsp3) is 0.179. The zero-order valence-electron chi connectivity index (χ0n) is 19.3. The molecule has 6 nitrogen and oxygen atoms in total. The van der Waals surface area contributed by atoms with Gasteiger partial charge in [-0.2, -0.15) is 0 Å². The van der Waals surface area contributed by atoms with E-state index >= 15 is 0 Å². The third kappa shape index (κ3) is 4.10. The first-order valence-corrected chi connectivity index (χ1v) is 11.4. The first-order valence-electron chi connectivity index (χ1n) is 11.4. The Balaban J connectivity index is 1.55. The molecular formula is C28H27N3O3. The Labute approximate surface area is 199 Å². The molecule has 1 atom stereocenters. The number of methoxy groups -OCH3 is 1. The molecule has 172 valence electrons. The van der Waals surface area contributed by atoms with Crippen LogP contribution < -0.4 is 14.8 Å². The molecule has 0 aliphatic carbocycles. The van der Waals surface area contributed by atoms with Gasteiger partial charge in [-0.3, -0.25) is 0 Å². The number of carbonyl (C=O) groups is 1. The Morgan fingerprint density at radius 3 is 2.41 bits per heavy atom. The molecule has 2 heterocycles. The minimum absolute atomic E-state index is 0.172. The van der Waals surface area contributed by atoms with Gasteiger partial charge in [0.05, 0.1) is 32.0 Å². The first kappa shape index (κ1) is 21.6. The number of anilines is 1. The van der Waals surface area contributed by atoms with Crippen molar-refractivity contribution in [3.05, 3.63) is 108 Å². The van der Waals surface area contributed by atoms with Gasteiger partial charge in [0.2, 0.25) is 0 Å². The largest absolute Gasteiger partial charge is 0.497 e. The molecule has 2 amide bonds. The van der Waals surface area contributed by atoms with Crippen molar-refractivity contribution in [2.45, 2.75) is 19.5 Å². The maximum Gasteiger partial charge on any atom is 0.322 e. The lowest BCUT2D eigenvalue weighted by molar-refractivity contribution is 0.194. The van der Waals surface area contributed by atoms with Crippen LogP contribution in [0.1, 0.15) is 29.8 Å². The molecule has 0 fully saturated rings. The molecule has 34 heavy (non-hydrogen) atoms. The molecule has 0 radical (unpaired) electrons. The van der Waals surface area contributed by atoms with Crippen LogP contribution in [-0.2, 0) is 6.54 Å². The normalized spacial score (nSPS) is 14.5. The van der Waals surface area contributed by atoms with Gasteiger partial charge in [-0.15, -0.1) is 0 Å². The van der Waals surface area contributed by atoms with Gasteiger partial charge in [0, 0.05) is 17.6 Å². The SMILES string of the molecule is CCOc1ccc(NC(=O)N2Cc3ccccc3-n3cccc3[C@H]2c2ccc(OC)cc2)cc1. The van der Waals surface area contributed by atoms with Gasteiger partial charge in [-0.05, 0) is 72.6 Å². The Morgan fingerprint density at radius 2 is 1.68 bits per heavy atom. The summed E-state index contributed by atoms with van der Waals surface area (Å²) in [6, 6.07) is 27.2. The first-order chi connectivity index (χ1) is 16.7. The van der Waals surface area contributed by atoms with Crippen molar-refractivity contribution in [2.75, 3.05) is 19.0 Å². The Morgan fingerprint density at radius 1 is 0.941 bits per heavy atom. The summed E-state index contributed by atoms with van der Waals surface area (Å²) in [7, 11) is 1.65. The van der Waals surface area contributed by atoms with Crippen molar-refractivity contribution < 1.29 is 14.3 Å². The standard InChI is InChI=1S/C28H27N3O3/c1-3-34-24-16-12-22(13-17-24)29-28(32)31-19-21-7-4-5-8-25(21)30-18-6-9-26(30)27(31)20-10-14-23(33-2)15-11-20/h4-18,27H,3,19H2,1-2H3,(H,29,32)/t27-/m1/s1. The zero-order valence-corrected chi connectivity index (χ0v) is 19.3. The number of rotatable bonds is 5. The zero-order chi connectivity index (χ0) is 23.5. The van der Waals surface area contributed by atoms with Gasteiger partial charge in [-0.1, -0.05) is 30.3 Å². The Hall–Kier alpha value is -4.19. The van der Waals surface area contributed by atoms with E-state index in [9.17, 15) is 4.79 Å². The molecule has 1 aromatic heterocycles. The third-order valence-electron chi connectivity index (χ3n) is 6.07. The van der Waals surface area contributed by atoms with E-state index in [2.05, 4.69) is 34.3 Å². The number of nitrogens with one attached hydrogen (secondary N) is 1. The van der Waals surface area contributed by atoms with E-state index in [4.69, 9.17) is 9.47 Å². The monoisotopic (exact) mass is 453 g/mol. The fourth-order valence-electron chi connectivity index (χ4n) is 4.47. The summed E-state index contributed by atoms with van der Waals surface area (Å²) in [6.45, 7) is 3.02. The van der Waals surface area contributed by atoms with Crippen LogP contribution >= 0.6 is 0 Å². The molecule has 4 aromatic rings. The molecule has 0 bridgehead atoms. The second kappa shape index (κ2) is 9.35. The van der Waals surface area contributed by atoms with E-state index < -0.39 is 0 Å². The van der Waals surface area contributed by atoms with E-state index in [0.29, 0.717) is 13.2 Å². The highest BCUT2D eigenvalue weighted by Gasteiger charge is 2.33. The smallest absolute Gasteiger partial charge is 0.322 e. The number of aromatic nitrogens is 1. The van der Waals surface area contributed by atoms with Crippen LogP contribution in [0.15, 0.2) is 91.1 Å². The van der Waals surface area contributed by atoms with E-state index in [-0.39, 0.29) is 12.1 Å². The van der Waals surface area contributed by atoms with Crippen LogP contribution in [0.4, 0.5) is 10.5 Å². The summed E-state index contributed by atoms with van der Waals surface area (Å²) in [5.74, 6) is 1.56. The summed E-state index contributed by atoms with van der Waals surface area (Å²) in [4.78, 5) is 15.6. The maximum atomic E-state index is 13.7. The number of ether oxygens (including phenoxy) is 2. The molecule has 1 N–H and O–H groups in total. The highest BCUT2D eigenvalue weighted by Crippen LogP contribution is 2.37. The van der Waals surface area contributed by atoms with Crippen molar-refractivity contribution in [3.63, 3.8) is 0 Å². The Bertz CT molecular complexity index is 1280. The maximum absolute atomic E-state index is 13.7. The average Bonchev–Trinajstić information content (AvgIpc) is 3.30. The molecule has 1 aliphatic rings. The lowest BCUT2D eigenvalue weighted by Crippen LogP contribution is -2.37. The van der Waals surface area contributed by atoms with Crippen LogP contribution in [0, 0.1) is 0 Å². The topological polar surface area (TPSA) is 55.7 Å². The average molecular weight is 454 g/mol. The number of carbonyl (C=O) groups excluding carboxylic acids is 1. The van der Waals surface area contributed by atoms with Crippen molar-refractivity contribution in [1.29, 1.82) is 0 Å². The summed E-state index contributed by atoms with van der Waals surface area (Å²) < 4.78 is 13.1. The van der Waals surface area contributed by atoms with Crippen LogP contribution in [0.25, 0.3) is 5.69 Å². The minimum Gasteiger partial charge on any atom is -0.497 e. The molecule has 3 aromatic carbocycles. The molecule has 1 aliphatic heterocycles. The predicted molar refractivity (Wildman–Crippen MR) is 133 cm³/mol. The number of fused-ring (bicyclic) bond motifs is 3. The van der Waals surface area contributed by atoms with E-state index in [0.717, 1.165) is 39.7 Å². The van der Waals surface area contributed by atoms with Gasteiger partial charge < -0.3 is 24.3 Å².